The van der Waals surface area contributed by atoms with Crippen molar-refractivity contribution in [2.24, 2.45) is 0 Å². The molecule has 2 N–H and O–H groups in total. The van der Waals surface area contributed by atoms with E-state index in [4.69, 9.17) is 0 Å². The summed E-state index contributed by atoms with van der Waals surface area (Å²) < 4.78 is 15.0. The Balaban J connectivity index is 1.33. The predicted octanol–water partition coefficient (Wildman–Crippen LogP) is 2.67. The summed E-state index contributed by atoms with van der Waals surface area (Å²) in [5.41, 5.74) is 2.05. The number of para-hydroxylation sites is 2. The molecule has 0 aliphatic carbocycles. The number of H-pyrrole nitrogens is 1. The third kappa shape index (κ3) is 4.43. The van der Waals surface area contributed by atoms with E-state index in [1.165, 1.54) is 18.2 Å². The van der Waals surface area contributed by atoms with Crippen molar-refractivity contribution in [1.82, 2.24) is 25.1 Å². The first-order chi connectivity index (χ1) is 14.6. The third-order valence-corrected chi connectivity index (χ3v) is 4.66. The van der Waals surface area contributed by atoms with Gasteiger partial charge >= 0.3 is 0 Å². The Morgan fingerprint density at radius 1 is 1.07 bits per heavy atom. The van der Waals surface area contributed by atoms with Gasteiger partial charge in [-0.25, -0.2) is 14.1 Å². The van der Waals surface area contributed by atoms with Crippen molar-refractivity contribution in [1.29, 1.82) is 0 Å². The van der Waals surface area contributed by atoms with Gasteiger partial charge in [0.05, 0.1) is 16.7 Å². The van der Waals surface area contributed by atoms with Crippen LogP contribution in [0.1, 0.15) is 12.2 Å². The Labute approximate surface area is 171 Å². The number of nitrogens with zero attached hydrogens (tertiary/aromatic N) is 3. The Morgan fingerprint density at radius 2 is 1.87 bits per heavy atom. The molecule has 1 amide bonds. The molecule has 4 rings (SSSR count). The summed E-state index contributed by atoms with van der Waals surface area (Å²) in [7, 11) is 0. The van der Waals surface area contributed by atoms with Crippen molar-refractivity contribution in [3.63, 3.8) is 0 Å². The molecule has 2 heterocycles. The zero-order valence-electron chi connectivity index (χ0n) is 16.1. The van der Waals surface area contributed by atoms with Crippen LogP contribution < -0.4 is 10.9 Å². The summed E-state index contributed by atoms with van der Waals surface area (Å²) in [6, 6.07) is 16.7. The standard InChI is InChI=1S/C22H20FN5O2/c23-16-7-2-1-6-15(16)17-11-12-22(30)28(27-17)14-21(29)24-13-5-10-20-25-18-8-3-4-9-19(18)26-20/h1-4,6-9,11-12H,5,10,13-14H2,(H,24,29)(H,25,26). The topological polar surface area (TPSA) is 92.7 Å². The number of halogens is 1. The monoisotopic (exact) mass is 405 g/mol. The van der Waals surface area contributed by atoms with Crippen LogP contribution in [0.15, 0.2) is 65.5 Å². The molecule has 0 fully saturated rings. The second kappa shape index (κ2) is 8.69. The van der Waals surface area contributed by atoms with Gasteiger partial charge in [-0.05, 0) is 36.8 Å². The number of fused-ring (bicyclic) bond motifs is 1. The molecule has 2 aromatic carbocycles. The van der Waals surface area contributed by atoms with Gasteiger partial charge in [-0.2, -0.15) is 5.10 Å². The number of aryl methyl sites for hydroxylation is 1. The number of hydrogen-bond acceptors (Lipinski definition) is 4. The number of carbonyl (C=O) groups excluding carboxylic acids is 1. The minimum atomic E-state index is -0.440. The fraction of sp³-hybridized carbons (Fsp3) is 0.182. The van der Waals surface area contributed by atoms with Crippen LogP contribution in [0, 0.1) is 5.82 Å². The number of rotatable bonds is 7. The molecule has 7 nitrogen and oxygen atoms in total. The maximum atomic E-state index is 14.0. The lowest BCUT2D eigenvalue weighted by molar-refractivity contribution is -0.121. The van der Waals surface area contributed by atoms with Crippen LogP contribution in [-0.4, -0.2) is 32.2 Å². The SMILES string of the molecule is O=C(Cn1nc(-c2ccccc2F)ccc1=O)NCCCc1nc2ccccc2[nH]1. The third-order valence-electron chi connectivity index (χ3n) is 4.66. The molecule has 0 radical (unpaired) electrons. The lowest BCUT2D eigenvalue weighted by atomic mass is 10.1. The molecule has 0 aliphatic rings. The van der Waals surface area contributed by atoms with Gasteiger partial charge in [-0.1, -0.05) is 24.3 Å². The molecule has 0 atom stereocenters. The van der Waals surface area contributed by atoms with E-state index in [-0.39, 0.29) is 18.0 Å². The van der Waals surface area contributed by atoms with E-state index in [0.717, 1.165) is 21.5 Å². The number of hydrogen-bond donors (Lipinski definition) is 2. The fourth-order valence-electron chi connectivity index (χ4n) is 3.17. The van der Waals surface area contributed by atoms with E-state index in [1.807, 2.05) is 24.3 Å². The van der Waals surface area contributed by atoms with Crippen LogP contribution in [0.25, 0.3) is 22.3 Å². The fourth-order valence-corrected chi connectivity index (χ4v) is 3.17. The quantitative estimate of drug-likeness (QED) is 0.463. The second-order valence-corrected chi connectivity index (χ2v) is 6.85. The summed E-state index contributed by atoms with van der Waals surface area (Å²) in [6.45, 7) is 0.212. The smallest absolute Gasteiger partial charge is 0.267 e. The summed E-state index contributed by atoms with van der Waals surface area (Å²) in [5, 5.41) is 6.91. The van der Waals surface area contributed by atoms with E-state index in [2.05, 4.69) is 20.4 Å². The second-order valence-electron chi connectivity index (χ2n) is 6.85. The van der Waals surface area contributed by atoms with Gasteiger partial charge in [0.1, 0.15) is 18.2 Å². The van der Waals surface area contributed by atoms with Gasteiger partial charge < -0.3 is 10.3 Å². The van der Waals surface area contributed by atoms with Gasteiger partial charge in [0, 0.05) is 24.6 Å². The van der Waals surface area contributed by atoms with Crippen molar-refractivity contribution >= 4 is 16.9 Å². The zero-order chi connectivity index (χ0) is 20.9. The Kier molecular flexibility index (Phi) is 5.65. The van der Waals surface area contributed by atoms with E-state index in [1.54, 1.807) is 18.2 Å². The number of carbonyl (C=O) groups is 1. The van der Waals surface area contributed by atoms with Crippen LogP contribution in [0.3, 0.4) is 0 Å². The van der Waals surface area contributed by atoms with Crippen molar-refractivity contribution in [3.8, 4) is 11.3 Å². The Morgan fingerprint density at radius 3 is 2.70 bits per heavy atom. The van der Waals surface area contributed by atoms with Crippen LogP contribution in [0.2, 0.25) is 0 Å². The van der Waals surface area contributed by atoms with Crippen LogP contribution in [0.5, 0.6) is 0 Å². The molecule has 30 heavy (non-hydrogen) atoms. The first-order valence-electron chi connectivity index (χ1n) is 9.63. The highest BCUT2D eigenvalue weighted by Gasteiger charge is 2.10. The normalized spacial score (nSPS) is 11.0. The van der Waals surface area contributed by atoms with Gasteiger partial charge in [0.25, 0.3) is 5.56 Å². The molecule has 2 aromatic heterocycles. The van der Waals surface area contributed by atoms with Gasteiger partial charge in [-0.3, -0.25) is 9.59 Å². The average Bonchev–Trinajstić information content (AvgIpc) is 3.16. The minimum absolute atomic E-state index is 0.230. The van der Waals surface area contributed by atoms with Crippen molar-refractivity contribution < 1.29 is 9.18 Å². The predicted molar refractivity (Wildman–Crippen MR) is 111 cm³/mol. The molecule has 0 unspecified atom stereocenters. The molecule has 0 saturated carbocycles. The lowest BCUT2D eigenvalue weighted by Crippen LogP contribution is -2.34. The molecule has 8 heteroatoms. The Bertz CT molecular complexity index is 1210. The lowest BCUT2D eigenvalue weighted by Gasteiger charge is -2.08. The highest BCUT2D eigenvalue weighted by atomic mass is 19.1. The van der Waals surface area contributed by atoms with Crippen molar-refractivity contribution in [3.05, 3.63) is 82.7 Å². The first kappa shape index (κ1) is 19.5. The number of benzene rings is 2. The van der Waals surface area contributed by atoms with E-state index in [0.29, 0.717) is 25.1 Å². The van der Waals surface area contributed by atoms with E-state index >= 15 is 0 Å². The van der Waals surface area contributed by atoms with Gasteiger partial charge in [-0.15, -0.1) is 0 Å². The summed E-state index contributed by atoms with van der Waals surface area (Å²) >= 11 is 0. The highest BCUT2D eigenvalue weighted by Crippen LogP contribution is 2.18. The van der Waals surface area contributed by atoms with Gasteiger partial charge in [0.15, 0.2) is 0 Å². The molecule has 0 saturated heterocycles. The first-order valence-corrected chi connectivity index (χ1v) is 9.63. The summed E-state index contributed by atoms with van der Waals surface area (Å²) in [5.74, 6) is 0.0889. The largest absolute Gasteiger partial charge is 0.354 e. The summed E-state index contributed by atoms with van der Waals surface area (Å²) in [6.07, 6.45) is 1.39. The highest BCUT2D eigenvalue weighted by molar-refractivity contribution is 5.76. The molecule has 0 bridgehead atoms. The molecule has 152 valence electrons. The summed E-state index contributed by atoms with van der Waals surface area (Å²) in [4.78, 5) is 32.0. The Hall–Kier alpha value is -3.81. The van der Waals surface area contributed by atoms with Crippen LogP contribution in [-0.2, 0) is 17.8 Å². The number of nitrogens with one attached hydrogen (secondary N) is 2. The molecule has 4 aromatic rings. The maximum Gasteiger partial charge on any atom is 0.267 e. The maximum absolute atomic E-state index is 14.0. The van der Waals surface area contributed by atoms with E-state index < -0.39 is 11.4 Å². The van der Waals surface area contributed by atoms with Crippen LogP contribution >= 0.6 is 0 Å². The van der Waals surface area contributed by atoms with Crippen molar-refractivity contribution in [2.75, 3.05) is 6.54 Å². The van der Waals surface area contributed by atoms with Gasteiger partial charge in [0.2, 0.25) is 5.91 Å². The molecule has 0 aliphatic heterocycles. The number of amides is 1. The molecular weight excluding hydrogens is 385 g/mol. The number of aromatic amines is 1. The number of imidazole rings is 1. The van der Waals surface area contributed by atoms with E-state index in [9.17, 15) is 14.0 Å². The average molecular weight is 405 g/mol. The van der Waals surface area contributed by atoms with Crippen LogP contribution in [0.4, 0.5) is 4.39 Å². The zero-order valence-corrected chi connectivity index (χ0v) is 16.1. The molecule has 0 spiro atoms. The molecular formula is C22H20FN5O2. The van der Waals surface area contributed by atoms with Crippen molar-refractivity contribution in [2.45, 2.75) is 19.4 Å². The minimum Gasteiger partial charge on any atom is -0.354 e. The number of aromatic nitrogens is 4.